The lowest BCUT2D eigenvalue weighted by molar-refractivity contribution is -0.151. The Hall–Kier alpha value is -2.58. The molecule has 4 rings (SSSR count). The second-order valence-corrected chi connectivity index (χ2v) is 9.35. The van der Waals surface area contributed by atoms with E-state index in [1.165, 1.54) is 18.2 Å². The Kier molecular flexibility index (Phi) is 7.19. The molecular weight excluding hydrogens is 490 g/mol. The van der Waals surface area contributed by atoms with E-state index in [1.54, 1.807) is 25.1 Å². The van der Waals surface area contributed by atoms with Gasteiger partial charge in [-0.2, -0.15) is 13.2 Å². The van der Waals surface area contributed by atoms with E-state index in [1.807, 2.05) is 0 Å². The predicted molar refractivity (Wildman–Crippen MR) is 122 cm³/mol. The number of aromatic nitrogens is 2. The molecule has 1 aliphatic carbocycles. The lowest BCUT2D eigenvalue weighted by Crippen LogP contribution is -2.24. The van der Waals surface area contributed by atoms with Crippen molar-refractivity contribution in [1.29, 1.82) is 0 Å². The van der Waals surface area contributed by atoms with Crippen molar-refractivity contribution in [1.82, 2.24) is 15.5 Å². The van der Waals surface area contributed by atoms with Crippen LogP contribution in [0.15, 0.2) is 40.8 Å². The maximum atomic E-state index is 13.7. The van der Waals surface area contributed by atoms with Crippen LogP contribution in [0.4, 0.5) is 13.2 Å². The van der Waals surface area contributed by atoms with E-state index >= 15 is 0 Å². The lowest BCUT2D eigenvalue weighted by atomic mass is 9.91. The van der Waals surface area contributed by atoms with Crippen LogP contribution < -0.4 is 5.32 Å². The van der Waals surface area contributed by atoms with Gasteiger partial charge in [0.1, 0.15) is 0 Å². The van der Waals surface area contributed by atoms with Crippen LogP contribution in [0.3, 0.4) is 0 Å². The maximum Gasteiger partial charge on any atom is 0.395 e. The number of alkyl halides is 3. The minimum Gasteiger partial charge on any atom is -0.423 e. The fourth-order valence-corrected chi connectivity index (χ4v) is 4.37. The average molecular weight is 512 g/mol. The van der Waals surface area contributed by atoms with E-state index in [0.717, 1.165) is 12.8 Å². The Morgan fingerprint density at radius 2 is 1.85 bits per heavy atom. The lowest BCUT2D eigenvalue weighted by Gasteiger charge is -2.21. The zero-order valence-corrected chi connectivity index (χ0v) is 19.8. The molecule has 1 aromatic heterocycles. The molecule has 5 nitrogen and oxygen atoms in total. The number of carbonyl (C=O) groups is 1. The molecule has 3 aromatic rings. The third kappa shape index (κ3) is 6.10. The Morgan fingerprint density at radius 1 is 1.15 bits per heavy atom. The number of hydrogen-bond acceptors (Lipinski definition) is 4. The van der Waals surface area contributed by atoms with Crippen molar-refractivity contribution in [2.24, 2.45) is 0 Å². The summed E-state index contributed by atoms with van der Waals surface area (Å²) < 4.78 is 46.7. The van der Waals surface area contributed by atoms with Gasteiger partial charge in [-0.05, 0) is 73.6 Å². The monoisotopic (exact) mass is 511 g/mol. The number of rotatable bonds is 8. The molecule has 1 N–H and O–H groups in total. The largest absolute Gasteiger partial charge is 0.423 e. The number of benzene rings is 2. The molecule has 0 saturated heterocycles. The van der Waals surface area contributed by atoms with Gasteiger partial charge in [-0.25, -0.2) is 0 Å². The molecule has 180 valence electrons. The first-order valence-corrected chi connectivity index (χ1v) is 11.6. The van der Waals surface area contributed by atoms with Crippen molar-refractivity contribution < 1.29 is 22.4 Å². The van der Waals surface area contributed by atoms with Gasteiger partial charge in [-0.15, -0.1) is 10.2 Å². The third-order valence-corrected chi connectivity index (χ3v) is 6.19. The summed E-state index contributed by atoms with van der Waals surface area (Å²) in [5.41, 5.74) is 1.82. The first kappa shape index (κ1) is 24.5. The number of aryl methyl sites for hydroxylation is 2. The molecule has 1 fully saturated rings. The zero-order chi connectivity index (χ0) is 24.5. The number of hydrogen-bond donors (Lipinski definition) is 1. The Morgan fingerprint density at radius 3 is 2.47 bits per heavy atom. The summed E-state index contributed by atoms with van der Waals surface area (Å²) in [6.45, 7) is 1.85. The van der Waals surface area contributed by atoms with E-state index < -0.39 is 12.1 Å². The van der Waals surface area contributed by atoms with Crippen LogP contribution in [-0.4, -0.2) is 22.3 Å². The van der Waals surface area contributed by atoms with Crippen LogP contribution in [0.2, 0.25) is 10.0 Å². The first-order valence-electron chi connectivity index (χ1n) is 10.8. The molecule has 2 aromatic carbocycles. The van der Waals surface area contributed by atoms with E-state index in [0.29, 0.717) is 34.4 Å². The van der Waals surface area contributed by atoms with E-state index in [2.05, 4.69) is 15.5 Å². The highest BCUT2D eigenvalue weighted by Gasteiger charge is 2.40. The average Bonchev–Trinajstić information content (AvgIpc) is 3.48. The van der Waals surface area contributed by atoms with Crippen LogP contribution in [-0.2, 0) is 13.0 Å². The number of halogens is 5. The second-order valence-electron chi connectivity index (χ2n) is 8.48. The third-order valence-electron chi connectivity index (χ3n) is 5.75. The summed E-state index contributed by atoms with van der Waals surface area (Å²) in [5, 5.41) is 11.0. The van der Waals surface area contributed by atoms with Gasteiger partial charge in [0.25, 0.3) is 5.91 Å². The van der Waals surface area contributed by atoms with Gasteiger partial charge >= 0.3 is 6.18 Å². The minimum absolute atomic E-state index is 0.0311. The first-order chi connectivity index (χ1) is 16.1. The quantitative estimate of drug-likeness (QED) is 0.362. The van der Waals surface area contributed by atoms with Crippen molar-refractivity contribution in [2.45, 2.75) is 57.2 Å². The summed E-state index contributed by atoms with van der Waals surface area (Å²) in [5.74, 6) is -0.760. The molecule has 1 heterocycles. The van der Waals surface area contributed by atoms with Crippen molar-refractivity contribution >= 4 is 29.1 Å². The molecule has 34 heavy (non-hydrogen) atoms. The maximum absolute atomic E-state index is 13.7. The summed E-state index contributed by atoms with van der Waals surface area (Å²) in [6, 6.07) is 8.99. The fraction of sp³-hybridized carbons (Fsp3) is 0.375. The molecule has 1 saturated carbocycles. The summed E-state index contributed by atoms with van der Waals surface area (Å²) >= 11 is 11.8. The number of nitrogens with one attached hydrogen (secondary N) is 1. The standard InChI is InChI=1S/C24H22Cl2F3N3O2/c1-13-8-14(3-7-20(24(27,28)29)16-9-17(25)11-18(26)10-16)2-6-19(13)22(33)30-12-21-31-32-23(34-21)15-4-5-15/h2,6,8-11,15,20H,3-5,7,12H2,1H3,(H,30,33). The molecular formula is C24H22Cl2F3N3O2. The van der Waals surface area contributed by atoms with Gasteiger partial charge in [0, 0.05) is 21.5 Å². The van der Waals surface area contributed by atoms with Crippen LogP contribution in [0, 0.1) is 6.92 Å². The highest BCUT2D eigenvalue weighted by molar-refractivity contribution is 6.34. The fourth-order valence-electron chi connectivity index (χ4n) is 3.83. The molecule has 1 aliphatic rings. The predicted octanol–water partition coefficient (Wildman–Crippen LogP) is 6.77. The molecule has 0 radical (unpaired) electrons. The minimum atomic E-state index is -4.45. The Bertz CT molecular complexity index is 1170. The van der Waals surface area contributed by atoms with Crippen LogP contribution in [0.5, 0.6) is 0 Å². The smallest absolute Gasteiger partial charge is 0.395 e. The zero-order valence-electron chi connectivity index (χ0n) is 18.3. The Balaban J connectivity index is 1.39. The van der Waals surface area contributed by atoms with E-state index in [-0.39, 0.29) is 40.9 Å². The SMILES string of the molecule is Cc1cc(CCC(c2cc(Cl)cc(Cl)c2)C(F)(F)F)ccc1C(=O)NCc1nnc(C2CC2)o1. The van der Waals surface area contributed by atoms with E-state index in [4.69, 9.17) is 27.6 Å². The van der Waals surface area contributed by atoms with Crippen LogP contribution in [0.25, 0.3) is 0 Å². The van der Waals surface area contributed by atoms with Gasteiger partial charge in [0.05, 0.1) is 12.5 Å². The normalized spacial score (nSPS) is 14.8. The van der Waals surface area contributed by atoms with Crippen LogP contribution in [0.1, 0.15) is 69.9 Å². The molecule has 0 bridgehead atoms. The van der Waals surface area contributed by atoms with Crippen molar-refractivity contribution in [3.8, 4) is 0 Å². The van der Waals surface area contributed by atoms with Crippen LogP contribution >= 0.6 is 23.2 Å². The highest BCUT2D eigenvalue weighted by Crippen LogP contribution is 2.40. The van der Waals surface area contributed by atoms with Crippen molar-refractivity contribution in [3.63, 3.8) is 0 Å². The summed E-state index contributed by atoms with van der Waals surface area (Å²) in [7, 11) is 0. The summed E-state index contributed by atoms with van der Waals surface area (Å²) in [4.78, 5) is 12.6. The molecule has 1 atom stereocenters. The number of amides is 1. The molecule has 0 aliphatic heterocycles. The second kappa shape index (κ2) is 9.96. The van der Waals surface area contributed by atoms with Gasteiger partial charge in [-0.1, -0.05) is 35.3 Å². The summed E-state index contributed by atoms with van der Waals surface area (Å²) in [6.07, 6.45) is -2.38. The number of carbonyl (C=O) groups excluding carboxylic acids is 1. The Labute approximate surface area is 204 Å². The van der Waals surface area contributed by atoms with Crippen molar-refractivity contribution in [2.75, 3.05) is 0 Å². The molecule has 1 amide bonds. The number of nitrogens with zero attached hydrogens (tertiary/aromatic N) is 2. The molecule has 0 spiro atoms. The van der Waals surface area contributed by atoms with Gasteiger partial charge in [0.2, 0.25) is 11.8 Å². The van der Waals surface area contributed by atoms with Crippen molar-refractivity contribution in [3.05, 3.63) is 80.5 Å². The van der Waals surface area contributed by atoms with Gasteiger partial charge < -0.3 is 9.73 Å². The van der Waals surface area contributed by atoms with Gasteiger partial charge in [0.15, 0.2) is 0 Å². The molecule has 10 heteroatoms. The highest BCUT2D eigenvalue weighted by atomic mass is 35.5. The van der Waals surface area contributed by atoms with Gasteiger partial charge in [-0.3, -0.25) is 4.79 Å². The topological polar surface area (TPSA) is 68.0 Å². The molecule has 1 unspecified atom stereocenters. The van der Waals surface area contributed by atoms with E-state index in [9.17, 15) is 18.0 Å².